The van der Waals surface area contributed by atoms with Gasteiger partial charge in [0.1, 0.15) is 0 Å². The summed E-state index contributed by atoms with van der Waals surface area (Å²) in [4.78, 5) is 37.3. The maximum absolute atomic E-state index is 12.7. The molecule has 4 aromatic carbocycles. The first kappa shape index (κ1) is 22.9. The minimum absolute atomic E-state index is 0.0121. The van der Waals surface area contributed by atoms with Crippen LogP contribution in [-0.2, 0) is 6.42 Å². The van der Waals surface area contributed by atoms with Crippen LogP contribution in [0, 0.1) is 0 Å². The monoisotopic (exact) mass is 476 g/mol. The van der Waals surface area contributed by atoms with Gasteiger partial charge in [0.2, 0.25) is 0 Å². The molecular weight excluding hydrogens is 452 g/mol. The van der Waals surface area contributed by atoms with E-state index in [4.69, 9.17) is 0 Å². The highest BCUT2D eigenvalue weighted by Crippen LogP contribution is 2.30. The Balaban J connectivity index is 0.000000151. The summed E-state index contributed by atoms with van der Waals surface area (Å²) in [5.74, 6) is -0.0459. The number of unbranched alkanes of at least 4 members (excludes halogenated alkanes) is 1. The van der Waals surface area contributed by atoms with Crippen molar-refractivity contribution in [3.63, 3.8) is 0 Å². The zero-order valence-electron chi connectivity index (χ0n) is 19.4. The molecule has 1 heterocycles. The summed E-state index contributed by atoms with van der Waals surface area (Å²) in [6.07, 6.45) is 2.95. The number of aryl methyl sites for hydroxylation is 1. The van der Waals surface area contributed by atoms with Crippen LogP contribution in [-0.4, -0.2) is 11.6 Å². The van der Waals surface area contributed by atoms with Crippen LogP contribution in [0.15, 0.2) is 95.8 Å². The van der Waals surface area contributed by atoms with Crippen molar-refractivity contribution in [2.75, 3.05) is 0 Å². The fraction of sp³-hybridized carbons (Fsp3) is 0.129. The van der Waals surface area contributed by atoms with Crippen molar-refractivity contribution in [1.82, 2.24) is 0 Å². The number of benzene rings is 4. The number of carbonyl (C=O) groups excluding carboxylic acids is 2. The molecule has 0 N–H and O–H groups in total. The van der Waals surface area contributed by atoms with Crippen LogP contribution in [0.25, 0.3) is 20.2 Å². The fourth-order valence-corrected chi connectivity index (χ4v) is 5.61. The predicted octanol–water partition coefficient (Wildman–Crippen LogP) is 7.22. The van der Waals surface area contributed by atoms with Crippen molar-refractivity contribution >= 4 is 43.1 Å². The molecule has 0 saturated heterocycles. The first-order valence-corrected chi connectivity index (χ1v) is 12.6. The van der Waals surface area contributed by atoms with Gasteiger partial charge in [-0.3, -0.25) is 14.4 Å². The van der Waals surface area contributed by atoms with E-state index in [0.29, 0.717) is 22.3 Å². The van der Waals surface area contributed by atoms with Gasteiger partial charge in [-0.05, 0) is 42.7 Å². The maximum Gasteiger partial charge on any atom is 0.195 e. The van der Waals surface area contributed by atoms with Gasteiger partial charge in [0.05, 0.1) is 0 Å². The zero-order chi connectivity index (χ0) is 24.4. The van der Waals surface area contributed by atoms with Crippen LogP contribution < -0.4 is 5.43 Å². The van der Waals surface area contributed by atoms with Gasteiger partial charge in [-0.1, -0.05) is 80.1 Å². The Kier molecular flexibility index (Phi) is 6.39. The lowest BCUT2D eigenvalue weighted by Gasteiger charge is -2.20. The fourth-order valence-electron chi connectivity index (χ4n) is 4.54. The van der Waals surface area contributed by atoms with E-state index >= 15 is 0 Å². The van der Waals surface area contributed by atoms with Gasteiger partial charge in [-0.15, -0.1) is 11.3 Å². The number of ketones is 2. The Hall–Kier alpha value is -3.89. The normalized spacial score (nSPS) is 12.1. The van der Waals surface area contributed by atoms with Gasteiger partial charge in [0.25, 0.3) is 0 Å². The third kappa shape index (κ3) is 4.22. The number of hydrogen-bond donors (Lipinski definition) is 0. The Morgan fingerprint density at radius 2 is 1.14 bits per heavy atom. The van der Waals surface area contributed by atoms with Gasteiger partial charge in [0.15, 0.2) is 17.0 Å². The maximum atomic E-state index is 12.7. The molecule has 5 aromatic rings. The Bertz CT molecular complexity index is 1590. The van der Waals surface area contributed by atoms with Gasteiger partial charge in [-0.2, -0.15) is 0 Å². The molecule has 0 radical (unpaired) electrons. The molecule has 0 amide bonds. The third-order valence-electron chi connectivity index (χ3n) is 6.32. The van der Waals surface area contributed by atoms with E-state index in [-0.39, 0.29) is 17.0 Å². The van der Waals surface area contributed by atoms with Crippen LogP contribution in [0.3, 0.4) is 0 Å². The largest absolute Gasteiger partial charge is 0.289 e. The molecule has 6 rings (SSSR count). The Morgan fingerprint density at radius 1 is 0.600 bits per heavy atom. The van der Waals surface area contributed by atoms with Crippen molar-refractivity contribution in [1.29, 1.82) is 0 Å². The molecule has 0 spiro atoms. The molecule has 35 heavy (non-hydrogen) atoms. The minimum Gasteiger partial charge on any atom is -0.289 e. The molecule has 0 atom stereocenters. The molecular formula is C31H24O3S. The van der Waals surface area contributed by atoms with E-state index in [1.165, 1.54) is 0 Å². The number of rotatable bonds is 3. The van der Waals surface area contributed by atoms with Crippen LogP contribution in [0.4, 0.5) is 0 Å². The van der Waals surface area contributed by atoms with Crippen molar-refractivity contribution in [2.45, 2.75) is 26.2 Å². The van der Waals surface area contributed by atoms with Crippen molar-refractivity contribution in [3.8, 4) is 0 Å². The molecule has 0 unspecified atom stereocenters. The smallest absolute Gasteiger partial charge is 0.195 e. The van der Waals surface area contributed by atoms with E-state index in [9.17, 15) is 14.4 Å². The second-order valence-corrected chi connectivity index (χ2v) is 9.65. The van der Waals surface area contributed by atoms with Gasteiger partial charge in [0, 0.05) is 42.4 Å². The molecule has 1 aromatic heterocycles. The summed E-state index contributed by atoms with van der Waals surface area (Å²) in [7, 11) is 0. The minimum atomic E-state index is -0.0338. The van der Waals surface area contributed by atoms with E-state index in [0.717, 1.165) is 45.0 Å². The third-order valence-corrected chi connectivity index (χ3v) is 7.47. The van der Waals surface area contributed by atoms with Crippen molar-refractivity contribution in [3.05, 3.63) is 129 Å². The van der Waals surface area contributed by atoms with E-state index in [1.807, 2.05) is 66.7 Å². The van der Waals surface area contributed by atoms with Gasteiger partial charge < -0.3 is 0 Å². The lowest BCUT2D eigenvalue weighted by molar-refractivity contribution is 0.0978. The molecule has 1 aliphatic carbocycles. The van der Waals surface area contributed by atoms with Gasteiger partial charge >= 0.3 is 0 Å². The molecule has 0 aliphatic heterocycles. The SMILES string of the molecule is CCCCc1cccc2c1C(=O)c1ccccc1C2=O.O=c1c2ccccc2sc2ccccc12. The van der Waals surface area contributed by atoms with Crippen LogP contribution in [0.2, 0.25) is 0 Å². The van der Waals surface area contributed by atoms with Crippen LogP contribution >= 0.6 is 11.3 Å². The van der Waals surface area contributed by atoms with Gasteiger partial charge in [-0.25, -0.2) is 0 Å². The first-order valence-electron chi connectivity index (χ1n) is 11.8. The van der Waals surface area contributed by atoms with Crippen molar-refractivity contribution in [2.24, 2.45) is 0 Å². The summed E-state index contributed by atoms with van der Waals surface area (Å²) in [6, 6.07) is 28.2. The molecule has 3 nitrogen and oxygen atoms in total. The predicted molar refractivity (Wildman–Crippen MR) is 144 cm³/mol. The lowest BCUT2D eigenvalue weighted by Crippen LogP contribution is -2.22. The number of fused-ring (bicyclic) bond motifs is 4. The molecule has 0 fully saturated rings. The lowest BCUT2D eigenvalue weighted by atomic mass is 9.81. The molecule has 172 valence electrons. The molecule has 4 heteroatoms. The summed E-state index contributed by atoms with van der Waals surface area (Å²) in [6.45, 7) is 2.12. The summed E-state index contributed by atoms with van der Waals surface area (Å²) in [5, 5.41) is 1.64. The Morgan fingerprint density at radius 3 is 1.77 bits per heavy atom. The van der Waals surface area contributed by atoms with Crippen LogP contribution in [0.5, 0.6) is 0 Å². The first-order chi connectivity index (χ1) is 17.1. The van der Waals surface area contributed by atoms with Crippen molar-refractivity contribution < 1.29 is 9.59 Å². The van der Waals surface area contributed by atoms with E-state index in [2.05, 4.69) is 6.92 Å². The standard InChI is InChI=1S/C18H16O2.C13H8OS/c1-2-3-7-12-8-6-11-15-16(12)18(20)14-10-5-4-9-13(14)17(15)19;14-13-9-5-1-3-7-11(9)15-12-8-4-2-6-10(12)13/h4-6,8-11H,2-3,7H2,1H3;1-8H. The quantitative estimate of drug-likeness (QED) is 0.253. The molecule has 0 bridgehead atoms. The average Bonchev–Trinajstić information content (AvgIpc) is 2.91. The van der Waals surface area contributed by atoms with Crippen LogP contribution in [0.1, 0.15) is 57.2 Å². The van der Waals surface area contributed by atoms with E-state index < -0.39 is 0 Å². The summed E-state index contributed by atoms with van der Waals surface area (Å²) in [5.41, 5.74) is 3.37. The topological polar surface area (TPSA) is 51.2 Å². The molecule has 0 saturated carbocycles. The summed E-state index contributed by atoms with van der Waals surface area (Å²) >= 11 is 1.67. The average molecular weight is 477 g/mol. The number of hydrogen-bond acceptors (Lipinski definition) is 4. The zero-order valence-corrected chi connectivity index (χ0v) is 20.2. The second-order valence-electron chi connectivity index (χ2n) is 8.57. The highest BCUT2D eigenvalue weighted by Gasteiger charge is 2.30. The highest BCUT2D eigenvalue weighted by molar-refractivity contribution is 7.24. The Labute approximate surface area is 207 Å². The second kappa shape index (κ2) is 9.77. The molecule has 1 aliphatic rings. The highest BCUT2D eigenvalue weighted by atomic mass is 32.1. The summed E-state index contributed by atoms with van der Waals surface area (Å²) < 4.78 is 2.11. The van der Waals surface area contributed by atoms with E-state index in [1.54, 1.807) is 35.6 Å². The number of carbonyl (C=O) groups is 2.